The molecule has 0 aliphatic rings. The van der Waals surface area contributed by atoms with Gasteiger partial charge >= 0.3 is 5.97 Å². The van der Waals surface area contributed by atoms with E-state index >= 15 is 0 Å². The van der Waals surface area contributed by atoms with Crippen molar-refractivity contribution in [3.05, 3.63) is 39.4 Å². The number of thiazole rings is 2. The van der Waals surface area contributed by atoms with Crippen molar-refractivity contribution in [2.24, 2.45) is 5.92 Å². The Kier molecular flexibility index (Phi) is 11.7. The maximum Gasteiger partial charge on any atom is 0.333 e. The lowest BCUT2D eigenvalue weighted by molar-refractivity contribution is -0.135. The number of nitrogens with zero attached hydrogens (tertiary/aromatic N) is 2. The van der Waals surface area contributed by atoms with Crippen LogP contribution in [0.5, 0.6) is 0 Å². The standard InChI is InChI=1S/C28H44N2O4S2Si/c1-17(2)27-30-23(16-36-27)28-29-22(15-35-28)12-13-24(21(9)25(32-10)14-26(31)33-11)34-37(18(3)4,19(5)6)20(7)8/h12-21,24H,1-11H3/b13-12-,25-14+/t21-,24+/m1/s1. The molecule has 37 heavy (non-hydrogen) atoms. The molecule has 2 aromatic heterocycles. The van der Waals surface area contributed by atoms with Gasteiger partial charge in [-0.25, -0.2) is 14.8 Å². The van der Waals surface area contributed by atoms with E-state index < -0.39 is 14.3 Å². The van der Waals surface area contributed by atoms with Crippen LogP contribution in [0.3, 0.4) is 0 Å². The van der Waals surface area contributed by atoms with Crippen LogP contribution in [0.2, 0.25) is 16.6 Å². The molecule has 0 amide bonds. The topological polar surface area (TPSA) is 70.5 Å². The number of hydrogen-bond donors (Lipinski definition) is 0. The first kappa shape index (κ1) is 31.4. The molecule has 0 saturated heterocycles. The lowest BCUT2D eigenvalue weighted by atomic mass is 10.0. The van der Waals surface area contributed by atoms with Crippen LogP contribution in [0.25, 0.3) is 16.8 Å². The second kappa shape index (κ2) is 13.8. The molecule has 0 spiro atoms. The minimum Gasteiger partial charge on any atom is -0.500 e. The summed E-state index contributed by atoms with van der Waals surface area (Å²) < 4.78 is 17.7. The number of carbonyl (C=O) groups excluding carboxylic acids is 1. The molecule has 9 heteroatoms. The van der Waals surface area contributed by atoms with Crippen LogP contribution in [0, 0.1) is 5.92 Å². The molecule has 2 rings (SSSR count). The fraction of sp³-hybridized carbons (Fsp3) is 0.607. The van der Waals surface area contributed by atoms with E-state index in [9.17, 15) is 4.79 Å². The molecule has 2 heterocycles. The zero-order chi connectivity index (χ0) is 27.9. The van der Waals surface area contributed by atoms with Gasteiger partial charge in [0.2, 0.25) is 8.32 Å². The van der Waals surface area contributed by atoms with Crippen molar-refractivity contribution < 1.29 is 18.7 Å². The molecular weight excluding hydrogens is 521 g/mol. The van der Waals surface area contributed by atoms with Gasteiger partial charge in [0.25, 0.3) is 0 Å². The molecular formula is C28H44N2O4S2Si. The average Bonchev–Trinajstić information content (AvgIpc) is 3.51. The van der Waals surface area contributed by atoms with Crippen LogP contribution in [-0.4, -0.2) is 44.6 Å². The summed E-state index contributed by atoms with van der Waals surface area (Å²) in [6.45, 7) is 19.9. The Bertz CT molecular complexity index is 1050. The van der Waals surface area contributed by atoms with E-state index in [1.807, 2.05) is 18.4 Å². The molecule has 206 valence electrons. The Morgan fingerprint density at radius 1 is 0.892 bits per heavy atom. The van der Waals surface area contributed by atoms with Crippen LogP contribution in [0.15, 0.2) is 28.7 Å². The summed E-state index contributed by atoms with van der Waals surface area (Å²) in [6, 6.07) is 0. The van der Waals surface area contributed by atoms with Gasteiger partial charge in [-0.3, -0.25) is 0 Å². The molecule has 0 aromatic carbocycles. The van der Waals surface area contributed by atoms with Gasteiger partial charge in [-0.1, -0.05) is 68.4 Å². The second-order valence-electron chi connectivity index (χ2n) is 10.6. The van der Waals surface area contributed by atoms with Gasteiger partial charge in [0, 0.05) is 22.6 Å². The van der Waals surface area contributed by atoms with Gasteiger partial charge in [0.1, 0.15) is 16.5 Å². The minimum absolute atomic E-state index is 0.200. The van der Waals surface area contributed by atoms with E-state index in [-0.39, 0.29) is 12.0 Å². The highest BCUT2D eigenvalue weighted by atomic mass is 32.1. The lowest BCUT2D eigenvalue weighted by Gasteiger charge is -2.45. The van der Waals surface area contributed by atoms with E-state index in [1.54, 1.807) is 29.8 Å². The fourth-order valence-corrected chi connectivity index (χ4v) is 12.2. The molecule has 0 saturated carbocycles. The molecule has 0 unspecified atom stereocenters. The maximum absolute atomic E-state index is 12.0. The average molecular weight is 565 g/mol. The van der Waals surface area contributed by atoms with Crippen LogP contribution >= 0.6 is 22.7 Å². The van der Waals surface area contributed by atoms with Gasteiger partial charge in [0.05, 0.1) is 37.1 Å². The van der Waals surface area contributed by atoms with Gasteiger partial charge in [-0.05, 0) is 22.7 Å². The summed E-state index contributed by atoms with van der Waals surface area (Å²) in [6.07, 6.45) is 5.20. The molecule has 2 atom stereocenters. The fourth-order valence-electron chi connectivity index (χ4n) is 4.99. The maximum atomic E-state index is 12.0. The highest BCUT2D eigenvalue weighted by Crippen LogP contribution is 2.44. The van der Waals surface area contributed by atoms with Crippen molar-refractivity contribution in [1.82, 2.24) is 9.97 Å². The summed E-state index contributed by atoms with van der Waals surface area (Å²) in [4.78, 5) is 21.6. The van der Waals surface area contributed by atoms with Crippen molar-refractivity contribution in [3.8, 4) is 10.7 Å². The van der Waals surface area contributed by atoms with Crippen LogP contribution in [-0.2, 0) is 18.7 Å². The van der Waals surface area contributed by atoms with Crippen LogP contribution in [0.1, 0.15) is 78.9 Å². The minimum atomic E-state index is -2.23. The number of aromatic nitrogens is 2. The zero-order valence-corrected chi connectivity index (χ0v) is 26.8. The number of methoxy groups -OCH3 is 2. The predicted molar refractivity (Wildman–Crippen MR) is 159 cm³/mol. The highest BCUT2D eigenvalue weighted by molar-refractivity contribution is 7.14. The van der Waals surface area contributed by atoms with Crippen molar-refractivity contribution in [1.29, 1.82) is 0 Å². The summed E-state index contributed by atoms with van der Waals surface area (Å²) in [7, 11) is 0.715. The molecule has 0 bridgehead atoms. The normalized spacial score (nSPS) is 14.8. The monoisotopic (exact) mass is 564 g/mol. The van der Waals surface area contributed by atoms with Crippen molar-refractivity contribution in [2.45, 2.75) is 91.0 Å². The van der Waals surface area contributed by atoms with Crippen molar-refractivity contribution in [3.63, 3.8) is 0 Å². The van der Waals surface area contributed by atoms with E-state index in [2.05, 4.69) is 66.8 Å². The molecule has 0 radical (unpaired) electrons. The SMILES string of the molecule is COC(=O)/C=C(/OC)[C@H](C)[C@H](/C=C\c1csc(-c2csc(C(C)C)n2)n1)O[Si](C(C)C)(C(C)C)C(C)C. The Hall–Kier alpha value is -1.81. The van der Waals surface area contributed by atoms with E-state index in [0.29, 0.717) is 28.3 Å². The quantitative estimate of drug-likeness (QED) is 0.105. The van der Waals surface area contributed by atoms with E-state index in [0.717, 1.165) is 21.4 Å². The Labute approximate surface area is 232 Å². The number of rotatable bonds is 13. The van der Waals surface area contributed by atoms with Gasteiger partial charge < -0.3 is 13.9 Å². The van der Waals surface area contributed by atoms with Gasteiger partial charge in [0.15, 0.2) is 0 Å². The third-order valence-corrected chi connectivity index (χ3v) is 15.0. The van der Waals surface area contributed by atoms with E-state index in [4.69, 9.17) is 23.9 Å². The number of carbonyl (C=O) groups is 1. The van der Waals surface area contributed by atoms with Gasteiger partial charge in [-0.2, -0.15) is 0 Å². The molecule has 2 aromatic rings. The first-order valence-electron chi connectivity index (χ1n) is 13.0. The largest absolute Gasteiger partial charge is 0.500 e. The third kappa shape index (κ3) is 7.62. The molecule has 6 nitrogen and oxygen atoms in total. The zero-order valence-electron chi connectivity index (χ0n) is 24.2. The number of esters is 1. The van der Waals surface area contributed by atoms with Crippen LogP contribution in [0.4, 0.5) is 0 Å². The first-order chi connectivity index (χ1) is 17.4. The summed E-state index contributed by atoms with van der Waals surface area (Å²) >= 11 is 3.26. The van der Waals surface area contributed by atoms with Gasteiger partial charge in [-0.15, -0.1) is 22.7 Å². The number of hydrogen-bond acceptors (Lipinski definition) is 8. The van der Waals surface area contributed by atoms with Crippen molar-refractivity contribution in [2.75, 3.05) is 14.2 Å². The van der Waals surface area contributed by atoms with Crippen LogP contribution < -0.4 is 0 Å². The molecule has 0 aliphatic carbocycles. The third-order valence-electron chi connectivity index (χ3n) is 6.90. The van der Waals surface area contributed by atoms with Crippen molar-refractivity contribution >= 4 is 43.0 Å². The molecule has 0 fully saturated rings. The smallest absolute Gasteiger partial charge is 0.333 e. The Morgan fingerprint density at radius 2 is 1.51 bits per heavy atom. The summed E-state index contributed by atoms with van der Waals surface area (Å²) in [5, 5.41) is 6.14. The Balaban J connectivity index is 2.47. The second-order valence-corrected chi connectivity index (χ2v) is 17.8. The number of ether oxygens (including phenoxy) is 2. The predicted octanol–water partition coefficient (Wildman–Crippen LogP) is 8.30. The first-order valence-corrected chi connectivity index (χ1v) is 16.9. The summed E-state index contributed by atoms with van der Waals surface area (Å²) in [5.74, 6) is 0.287. The highest BCUT2D eigenvalue weighted by Gasteiger charge is 2.47. The van der Waals surface area contributed by atoms with E-state index in [1.165, 1.54) is 13.2 Å². The lowest BCUT2D eigenvalue weighted by Crippen LogP contribution is -2.51. The molecule has 0 aliphatic heterocycles. The molecule has 0 N–H and O–H groups in total. The summed E-state index contributed by atoms with van der Waals surface area (Å²) in [5.41, 5.74) is 3.03. The Morgan fingerprint density at radius 3 is 2.00 bits per heavy atom.